The van der Waals surface area contributed by atoms with Gasteiger partial charge in [0.25, 0.3) is 12.6 Å². The van der Waals surface area contributed by atoms with Crippen LogP contribution in [-0.4, -0.2) is 32.0 Å². The Bertz CT molecular complexity index is 596. The first-order chi connectivity index (χ1) is 11.6. The van der Waals surface area contributed by atoms with Crippen LogP contribution in [0.25, 0.3) is 0 Å². The first-order valence-corrected chi connectivity index (χ1v) is 9.36. The molecular formula is C16H21BClN3O2S. The second-order valence-electron chi connectivity index (χ2n) is 6.09. The Morgan fingerprint density at radius 2 is 2.33 bits per heavy atom. The molecule has 0 spiro atoms. The maximum atomic E-state index is 12.1. The molecule has 2 rings (SSSR count). The minimum atomic E-state index is -0.185. The number of carbonyl (C=O) groups excluding carboxylic acids is 1. The number of thiophene rings is 1. The van der Waals surface area contributed by atoms with Crippen LogP contribution in [-0.2, 0) is 4.84 Å². The Morgan fingerprint density at radius 1 is 1.58 bits per heavy atom. The number of nitrogens with zero attached hydrogens (tertiary/aromatic N) is 2. The Morgan fingerprint density at radius 3 is 2.92 bits per heavy atom. The van der Waals surface area contributed by atoms with Gasteiger partial charge in [-0.25, -0.2) is 5.26 Å². The summed E-state index contributed by atoms with van der Waals surface area (Å²) in [5, 5.41) is 15.3. The Labute approximate surface area is 152 Å². The molecule has 0 saturated carbocycles. The number of nitrogens with one attached hydrogen (secondary N) is 1. The van der Waals surface area contributed by atoms with Gasteiger partial charge in [-0.3, -0.25) is 4.79 Å². The van der Waals surface area contributed by atoms with Crippen LogP contribution in [0.5, 0.6) is 0 Å². The molecule has 0 bridgehead atoms. The number of halogens is 1. The van der Waals surface area contributed by atoms with Crippen LogP contribution >= 0.6 is 22.9 Å². The highest BCUT2D eigenvalue weighted by molar-refractivity contribution is 7.17. The fourth-order valence-electron chi connectivity index (χ4n) is 3.03. The third kappa shape index (κ3) is 5.84. The number of rotatable bonds is 8. The van der Waals surface area contributed by atoms with Crippen molar-refractivity contribution in [3.8, 4) is 5.97 Å². The zero-order chi connectivity index (χ0) is 17.4. The monoisotopic (exact) mass is 365 g/mol. The SMILES string of the molecule is C=NOC(CCC1CCB(C#N)CC1)CNC(=O)c1ccc(Cl)s1. The number of hydrogen-bond donors (Lipinski definition) is 1. The van der Waals surface area contributed by atoms with Crippen molar-refractivity contribution in [1.29, 1.82) is 5.26 Å². The highest BCUT2D eigenvalue weighted by Gasteiger charge is 2.25. The number of hydrogen-bond acceptors (Lipinski definition) is 5. The van der Waals surface area contributed by atoms with E-state index in [2.05, 4.69) is 23.2 Å². The molecule has 1 fully saturated rings. The van der Waals surface area contributed by atoms with Gasteiger partial charge < -0.3 is 10.2 Å². The molecule has 1 saturated heterocycles. The lowest BCUT2D eigenvalue weighted by Gasteiger charge is -2.24. The summed E-state index contributed by atoms with van der Waals surface area (Å²) in [4.78, 5) is 17.9. The van der Waals surface area contributed by atoms with E-state index in [9.17, 15) is 4.79 Å². The lowest BCUT2D eigenvalue weighted by atomic mass is 9.41. The molecule has 24 heavy (non-hydrogen) atoms. The molecule has 1 aromatic rings. The third-order valence-electron chi connectivity index (χ3n) is 4.44. The van der Waals surface area contributed by atoms with Crippen molar-refractivity contribution in [3.63, 3.8) is 0 Å². The summed E-state index contributed by atoms with van der Waals surface area (Å²) in [7, 11) is 0. The smallest absolute Gasteiger partial charge is 0.267 e. The van der Waals surface area contributed by atoms with Gasteiger partial charge in [-0.05, 0) is 30.9 Å². The van der Waals surface area contributed by atoms with E-state index in [0.29, 0.717) is 21.7 Å². The van der Waals surface area contributed by atoms with Gasteiger partial charge in [0.1, 0.15) is 6.10 Å². The fraction of sp³-hybridized carbons (Fsp3) is 0.562. The Kier molecular flexibility index (Phi) is 7.61. The zero-order valence-electron chi connectivity index (χ0n) is 13.5. The van der Waals surface area contributed by atoms with Crippen molar-refractivity contribution >= 4 is 42.3 Å². The molecule has 5 nitrogen and oxygen atoms in total. The first kappa shape index (κ1) is 18.8. The van der Waals surface area contributed by atoms with Crippen molar-refractivity contribution < 1.29 is 9.63 Å². The molecule has 0 aromatic carbocycles. The number of carbonyl (C=O) groups is 1. The van der Waals surface area contributed by atoms with Crippen LogP contribution in [0.1, 0.15) is 35.4 Å². The van der Waals surface area contributed by atoms with Crippen LogP contribution < -0.4 is 5.32 Å². The molecule has 128 valence electrons. The van der Waals surface area contributed by atoms with Crippen molar-refractivity contribution in [2.45, 2.75) is 44.4 Å². The van der Waals surface area contributed by atoms with E-state index in [-0.39, 0.29) is 18.7 Å². The average Bonchev–Trinajstić information content (AvgIpc) is 3.04. The molecular weight excluding hydrogens is 345 g/mol. The molecule has 1 N–H and O–H groups in total. The predicted molar refractivity (Wildman–Crippen MR) is 99.0 cm³/mol. The van der Waals surface area contributed by atoms with Gasteiger partial charge in [0.05, 0.1) is 15.8 Å². The molecule has 1 amide bonds. The Hall–Kier alpha value is -1.52. The van der Waals surface area contributed by atoms with Gasteiger partial charge in [-0.1, -0.05) is 37.1 Å². The van der Waals surface area contributed by atoms with E-state index < -0.39 is 0 Å². The standard InChI is InChI=1S/C16H21BClN3O2S/c1-20-23-13(3-2-12-6-8-17(11-19)9-7-12)10-21-16(22)14-4-5-15(18)24-14/h4-5,12-13H,1-3,6-10H2,(H,21,22). The molecule has 1 aliphatic rings. The van der Waals surface area contributed by atoms with Gasteiger partial charge in [0, 0.05) is 12.7 Å². The molecule has 1 aromatic heterocycles. The molecule has 0 radical (unpaired) electrons. The van der Waals surface area contributed by atoms with Crippen LogP contribution in [0, 0.1) is 17.1 Å². The van der Waals surface area contributed by atoms with Crippen molar-refractivity contribution in [2.75, 3.05) is 6.54 Å². The van der Waals surface area contributed by atoms with E-state index in [1.165, 1.54) is 11.3 Å². The van der Waals surface area contributed by atoms with Gasteiger partial charge >= 0.3 is 0 Å². The number of oxime groups is 1. The molecule has 1 aliphatic heterocycles. The third-order valence-corrected chi connectivity index (χ3v) is 5.67. The van der Waals surface area contributed by atoms with Gasteiger partial charge in [-0.15, -0.1) is 16.5 Å². The largest absolute Gasteiger partial charge is 0.391 e. The maximum Gasteiger partial charge on any atom is 0.267 e. The summed E-state index contributed by atoms with van der Waals surface area (Å²) in [5.41, 5.74) is 0. The summed E-state index contributed by atoms with van der Waals surface area (Å²) >= 11 is 7.09. The molecule has 8 heteroatoms. The number of amides is 1. The van der Waals surface area contributed by atoms with E-state index in [1.54, 1.807) is 12.1 Å². The molecule has 1 atom stereocenters. The van der Waals surface area contributed by atoms with Gasteiger partial charge in [0.15, 0.2) is 0 Å². The maximum absolute atomic E-state index is 12.1. The predicted octanol–water partition coefficient (Wildman–Crippen LogP) is 3.88. The highest BCUT2D eigenvalue weighted by atomic mass is 35.5. The summed E-state index contributed by atoms with van der Waals surface area (Å²) in [6, 6.07) is 3.41. The van der Waals surface area contributed by atoms with Crippen LogP contribution in [0.4, 0.5) is 0 Å². The molecule has 2 heterocycles. The van der Waals surface area contributed by atoms with Gasteiger partial charge in [-0.2, -0.15) is 0 Å². The fourth-order valence-corrected chi connectivity index (χ4v) is 3.99. The quantitative estimate of drug-likeness (QED) is 0.431. The Balaban J connectivity index is 1.74. The van der Waals surface area contributed by atoms with Gasteiger partial charge in [0.2, 0.25) is 0 Å². The second kappa shape index (κ2) is 9.70. The average molecular weight is 366 g/mol. The first-order valence-electron chi connectivity index (χ1n) is 8.17. The highest BCUT2D eigenvalue weighted by Crippen LogP contribution is 2.29. The topological polar surface area (TPSA) is 74.5 Å². The van der Waals surface area contributed by atoms with Crippen molar-refractivity contribution in [2.24, 2.45) is 11.1 Å². The van der Waals surface area contributed by atoms with E-state index in [0.717, 1.165) is 38.3 Å². The summed E-state index contributed by atoms with van der Waals surface area (Å²) < 4.78 is 0.591. The summed E-state index contributed by atoms with van der Waals surface area (Å²) in [5.74, 6) is 2.82. The lowest BCUT2D eigenvalue weighted by Crippen LogP contribution is -2.33. The van der Waals surface area contributed by atoms with Crippen molar-refractivity contribution in [1.82, 2.24) is 5.32 Å². The van der Waals surface area contributed by atoms with Crippen LogP contribution in [0.3, 0.4) is 0 Å². The summed E-state index contributed by atoms with van der Waals surface area (Å²) in [6.45, 7) is 3.98. The van der Waals surface area contributed by atoms with Crippen LogP contribution in [0.15, 0.2) is 17.3 Å². The minimum Gasteiger partial charge on any atom is -0.391 e. The normalized spacial score (nSPS) is 16.2. The van der Waals surface area contributed by atoms with E-state index in [4.69, 9.17) is 21.7 Å². The second-order valence-corrected chi connectivity index (χ2v) is 7.81. The molecule has 0 aliphatic carbocycles. The van der Waals surface area contributed by atoms with E-state index >= 15 is 0 Å². The lowest BCUT2D eigenvalue weighted by molar-refractivity contribution is 0.0477. The van der Waals surface area contributed by atoms with E-state index in [1.807, 2.05) is 0 Å². The summed E-state index contributed by atoms with van der Waals surface area (Å²) in [6.07, 6.45) is 5.80. The number of nitriles is 1. The minimum absolute atomic E-state index is 0.154. The zero-order valence-corrected chi connectivity index (χ0v) is 15.1. The molecule has 1 unspecified atom stereocenters. The van der Waals surface area contributed by atoms with Crippen molar-refractivity contribution in [3.05, 3.63) is 21.3 Å². The van der Waals surface area contributed by atoms with Crippen LogP contribution in [0.2, 0.25) is 17.0 Å².